The summed E-state index contributed by atoms with van der Waals surface area (Å²) in [7, 11) is 0. The van der Waals surface area contributed by atoms with Crippen LogP contribution in [-0.2, 0) is 14.4 Å². The van der Waals surface area contributed by atoms with Crippen molar-refractivity contribution >= 4 is 64.4 Å². The molecule has 1 heterocycles. The lowest BCUT2D eigenvalue weighted by atomic mass is 10.0. The maximum Gasteiger partial charge on any atom is 0.335 e. The number of nitrogens with zero attached hydrogens (tertiary/aromatic N) is 1. The molecule has 188 valence electrons. The Bertz CT molecular complexity index is 1470. The third-order valence-electron chi connectivity index (χ3n) is 5.59. The molecule has 0 unspecified atom stereocenters. The number of anilines is 2. The van der Waals surface area contributed by atoms with Gasteiger partial charge in [0.2, 0.25) is 0 Å². The van der Waals surface area contributed by atoms with Gasteiger partial charge in [0.25, 0.3) is 17.7 Å². The molecular formula is C27H21Cl2N3O5. The van der Waals surface area contributed by atoms with Crippen LogP contribution in [-0.4, -0.2) is 30.4 Å². The normalized spacial score (nSPS) is 14.5. The average Bonchev–Trinajstić information content (AvgIpc) is 2.85. The smallest absolute Gasteiger partial charge is 0.335 e. The van der Waals surface area contributed by atoms with Crippen LogP contribution in [0.2, 0.25) is 10.0 Å². The quantitative estimate of drug-likeness (QED) is 0.328. The standard InChI is InChI=1S/C27H21Cl2N3O5/c1-15-6-8-19(10-16(15)2)32-26(35)21(25(34)31-27(32)36)12-17-4-3-5-20(11-17)37-14-24(33)30-18-7-9-22(28)23(29)13-18/h3-13H,14H2,1-2H3,(H,30,33)(H,31,34,36)/b21-12-. The van der Waals surface area contributed by atoms with E-state index in [1.165, 1.54) is 12.1 Å². The molecule has 3 aromatic rings. The van der Waals surface area contributed by atoms with E-state index in [4.69, 9.17) is 27.9 Å². The van der Waals surface area contributed by atoms with Crippen LogP contribution in [0.15, 0.2) is 66.2 Å². The Morgan fingerprint density at radius 3 is 2.49 bits per heavy atom. The van der Waals surface area contributed by atoms with Crippen LogP contribution < -0.4 is 20.3 Å². The van der Waals surface area contributed by atoms with Crippen molar-refractivity contribution in [2.45, 2.75) is 13.8 Å². The van der Waals surface area contributed by atoms with Crippen LogP contribution in [0, 0.1) is 13.8 Å². The van der Waals surface area contributed by atoms with Gasteiger partial charge in [-0.1, -0.05) is 41.4 Å². The zero-order chi connectivity index (χ0) is 26.7. The van der Waals surface area contributed by atoms with Crippen LogP contribution >= 0.6 is 23.2 Å². The number of amides is 5. The van der Waals surface area contributed by atoms with Gasteiger partial charge in [-0.15, -0.1) is 0 Å². The molecule has 3 aromatic carbocycles. The van der Waals surface area contributed by atoms with Crippen LogP contribution in [0.3, 0.4) is 0 Å². The molecule has 1 aliphatic rings. The van der Waals surface area contributed by atoms with E-state index in [1.54, 1.807) is 54.6 Å². The van der Waals surface area contributed by atoms with Crippen LogP contribution in [0.4, 0.5) is 16.2 Å². The van der Waals surface area contributed by atoms with E-state index >= 15 is 0 Å². The maximum absolute atomic E-state index is 13.1. The van der Waals surface area contributed by atoms with Crippen molar-refractivity contribution in [3.05, 3.63) is 93.0 Å². The zero-order valence-electron chi connectivity index (χ0n) is 19.8. The molecule has 0 aromatic heterocycles. The number of nitrogens with one attached hydrogen (secondary N) is 2. The van der Waals surface area contributed by atoms with Gasteiger partial charge >= 0.3 is 6.03 Å². The number of hydrogen-bond acceptors (Lipinski definition) is 5. The summed E-state index contributed by atoms with van der Waals surface area (Å²) in [6.45, 7) is 3.48. The highest BCUT2D eigenvalue weighted by atomic mass is 35.5. The summed E-state index contributed by atoms with van der Waals surface area (Å²) in [6.07, 6.45) is 1.36. The molecule has 1 fully saturated rings. The first kappa shape index (κ1) is 25.9. The lowest BCUT2D eigenvalue weighted by molar-refractivity contribution is -0.122. The predicted molar refractivity (Wildman–Crippen MR) is 142 cm³/mol. The van der Waals surface area contributed by atoms with Gasteiger partial charge < -0.3 is 10.1 Å². The summed E-state index contributed by atoms with van der Waals surface area (Å²) in [5, 5.41) is 5.53. The number of ether oxygens (including phenoxy) is 1. The number of barbiturate groups is 1. The van der Waals surface area contributed by atoms with E-state index in [1.807, 2.05) is 13.8 Å². The fourth-order valence-electron chi connectivity index (χ4n) is 3.54. The molecule has 0 saturated carbocycles. The van der Waals surface area contributed by atoms with Gasteiger partial charge in [-0.2, -0.15) is 0 Å². The minimum Gasteiger partial charge on any atom is -0.484 e. The van der Waals surface area contributed by atoms with E-state index in [9.17, 15) is 19.2 Å². The van der Waals surface area contributed by atoms with E-state index in [-0.39, 0.29) is 12.2 Å². The number of hydrogen-bond donors (Lipinski definition) is 2. The van der Waals surface area contributed by atoms with Crippen molar-refractivity contribution in [3.63, 3.8) is 0 Å². The van der Waals surface area contributed by atoms with Gasteiger partial charge in [-0.3, -0.25) is 19.7 Å². The summed E-state index contributed by atoms with van der Waals surface area (Å²) < 4.78 is 5.56. The van der Waals surface area contributed by atoms with Gasteiger partial charge in [0, 0.05) is 5.69 Å². The first-order chi connectivity index (χ1) is 17.6. The van der Waals surface area contributed by atoms with Crippen molar-refractivity contribution < 1.29 is 23.9 Å². The van der Waals surface area contributed by atoms with Crippen LogP contribution in [0.1, 0.15) is 16.7 Å². The Labute approximate surface area is 222 Å². The molecular weight excluding hydrogens is 517 g/mol. The van der Waals surface area contributed by atoms with Crippen molar-refractivity contribution in [1.29, 1.82) is 0 Å². The lowest BCUT2D eigenvalue weighted by Crippen LogP contribution is -2.54. The van der Waals surface area contributed by atoms with E-state index in [0.29, 0.717) is 32.7 Å². The summed E-state index contributed by atoms with van der Waals surface area (Å²) in [4.78, 5) is 51.3. The highest BCUT2D eigenvalue weighted by Crippen LogP contribution is 2.26. The molecule has 2 N–H and O–H groups in total. The number of urea groups is 1. The molecule has 0 bridgehead atoms. The highest BCUT2D eigenvalue weighted by molar-refractivity contribution is 6.42. The fourth-order valence-corrected chi connectivity index (χ4v) is 3.84. The summed E-state index contributed by atoms with van der Waals surface area (Å²) in [5.41, 5.74) is 2.97. The molecule has 1 aliphatic heterocycles. The number of halogens is 2. The van der Waals surface area contributed by atoms with Crippen molar-refractivity contribution in [2.75, 3.05) is 16.8 Å². The fraction of sp³-hybridized carbons (Fsp3) is 0.111. The third kappa shape index (κ3) is 5.99. The maximum atomic E-state index is 13.1. The van der Waals surface area contributed by atoms with Crippen molar-refractivity contribution in [2.24, 2.45) is 0 Å². The lowest BCUT2D eigenvalue weighted by Gasteiger charge is -2.26. The van der Waals surface area contributed by atoms with Gasteiger partial charge in [0.15, 0.2) is 6.61 Å². The summed E-state index contributed by atoms with van der Waals surface area (Å²) >= 11 is 11.8. The third-order valence-corrected chi connectivity index (χ3v) is 6.33. The Morgan fingerprint density at radius 2 is 1.76 bits per heavy atom. The van der Waals surface area contributed by atoms with E-state index in [2.05, 4.69) is 10.6 Å². The molecule has 37 heavy (non-hydrogen) atoms. The average molecular weight is 538 g/mol. The largest absolute Gasteiger partial charge is 0.484 e. The number of carbonyl (C=O) groups is 4. The number of carbonyl (C=O) groups excluding carboxylic acids is 4. The SMILES string of the molecule is Cc1ccc(N2C(=O)NC(=O)/C(=C/c3cccc(OCC(=O)Nc4ccc(Cl)c(Cl)c4)c3)C2=O)cc1C. The zero-order valence-corrected chi connectivity index (χ0v) is 21.3. The van der Waals surface area contributed by atoms with Gasteiger partial charge in [-0.05, 0) is 79.1 Å². The van der Waals surface area contributed by atoms with Crippen LogP contribution in [0.5, 0.6) is 5.75 Å². The topological polar surface area (TPSA) is 105 Å². The minimum absolute atomic E-state index is 0.215. The predicted octanol–water partition coefficient (Wildman–Crippen LogP) is 5.29. The second kappa shape index (κ2) is 10.9. The Hall–Kier alpha value is -4.14. The molecule has 0 aliphatic carbocycles. The summed E-state index contributed by atoms with van der Waals surface area (Å²) in [6, 6.07) is 15.5. The van der Waals surface area contributed by atoms with Crippen molar-refractivity contribution in [1.82, 2.24) is 5.32 Å². The Balaban J connectivity index is 1.49. The van der Waals surface area contributed by atoms with Gasteiger partial charge in [-0.25, -0.2) is 9.69 Å². The molecule has 10 heteroatoms. The van der Waals surface area contributed by atoms with Gasteiger partial charge in [0.05, 0.1) is 15.7 Å². The number of aryl methyl sites for hydroxylation is 2. The molecule has 0 atom stereocenters. The first-order valence-electron chi connectivity index (χ1n) is 11.1. The van der Waals surface area contributed by atoms with E-state index in [0.717, 1.165) is 16.0 Å². The minimum atomic E-state index is -0.819. The molecule has 0 spiro atoms. The number of benzene rings is 3. The Kier molecular flexibility index (Phi) is 7.61. The molecule has 8 nitrogen and oxygen atoms in total. The van der Waals surface area contributed by atoms with E-state index < -0.39 is 23.8 Å². The molecule has 0 radical (unpaired) electrons. The highest BCUT2D eigenvalue weighted by Gasteiger charge is 2.36. The Morgan fingerprint density at radius 1 is 0.973 bits per heavy atom. The molecule has 1 saturated heterocycles. The monoisotopic (exact) mass is 537 g/mol. The second-order valence-electron chi connectivity index (χ2n) is 8.26. The number of imide groups is 2. The second-order valence-corrected chi connectivity index (χ2v) is 9.08. The summed E-state index contributed by atoms with van der Waals surface area (Å²) in [5.74, 6) is -1.64. The molecule has 5 amide bonds. The number of rotatable bonds is 6. The van der Waals surface area contributed by atoms with Crippen molar-refractivity contribution in [3.8, 4) is 5.75 Å². The van der Waals surface area contributed by atoms with Crippen LogP contribution in [0.25, 0.3) is 6.08 Å². The molecule has 4 rings (SSSR count). The van der Waals surface area contributed by atoms with Gasteiger partial charge in [0.1, 0.15) is 11.3 Å². The first-order valence-corrected chi connectivity index (χ1v) is 11.8.